The van der Waals surface area contributed by atoms with Crippen LogP contribution in [0.4, 0.5) is 0 Å². The van der Waals surface area contributed by atoms with Crippen molar-refractivity contribution in [2.75, 3.05) is 19.6 Å². The van der Waals surface area contributed by atoms with E-state index in [0.717, 1.165) is 45.3 Å². The van der Waals surface area contributed by atoms with E-state index in [1.165, 1.54) is 6.42 Å². The Morgan fingerprint density at radius 3 is 2.50 bits per heavy atom. The highest BCUT2D eigenvalue weighted by Gasteiger charge is 2.35. The minimum Gasteiger partial charge on any atom is -0.392 e. The molecule has 0 radical (unpaired) electrons. The van der Waals surface area contributed by atoms with Crippen LogP contribution in [0.25, 0.3) is 0 Å². The van der Waals surface area contributed by atoms with Gasteiger partial charge in [0.25, 0.3) is 0 Å². The summed E-state index contributed by atoms with van der Waals surface area (Å²) in [5.41, 5.74) is 5.77. The van der Waals surface area contributed by atoms with E-state index in [4.69, 9.17) is 18.0 Å². The SMILES string of the molecule is CC(C(=O)N1CCCCC1)N1CCCC1C(N)=S. The molecule has 2 heterocycles. The lowest BCUT2D eigenvalue weighted by atomic mass is 10.1. The zero-order valence-corrected chi connectivity index (χ0v) is 11.9. The van der Waals surface area contributed by atoms with E-state index in [-0.39, 0.29) is 18.0 Å². The van der Waals surface area contributed by atoms with E-state index in [2.05, 4.69) is 4.90 Å². The van der Waals surface area contributed by atoms with Gasteiger partial charge in [0.1, 0.15) is 0 Å². The molecule has 102 valence electrons. The maximum atomic E-state index is 12.5. The van der Waals surface area contributed by atoms with Gasteiger partial charge < -0.3 is 10.6 Å². The molecule has 2 rings (SSSR count). The third kappa shape index (κ3) is 2.83. The van der Waals surface area contributed by atoms with Gasteiger partial charge in [-0.15, -0.1) is 0 Å². The van der Waals surface area contributed by atoms with Gasteiger partial charge in [-0.05, 0) is 45.6 Å². The van der Waals surface area contributed by atoms with E-state index in [0.29, 0.717) is 4.99 Å². The summed E-state index contributed by atoms with van der Waals surface area (Å²) in [5, 5.41) is 0. The first kappa shape index (κ1) is 13.7. The predicted octanol–water partition coefficient (Wildman–Crippen LogP) is 1.14. The van der Waals surface area contributed by atoms with Crippen LogP contribution < -0.4 is 5.73 Å². The lowest BCUT2D eigenvalue weighted by molar-refractivity contribution is -0.137. The minimum atomic E-state index is -0.0860. The van der Waals surface area contributed by atoms with Crippen molar-refractivity contribution in [1.29, 1.82) is 0 Å². The second-order valence-electron chi connectivity index (χ2n) is 5.36. The molecule has 4 nitrogen and oxygen atoms in total. The highest BCUT2D eigenvalue weighted by molar-refractivity contribution is 7.80. The molecule has 0 saturated carbocycles. The molecule has 2 fully saturated rings. The molecular formula is C13H23N3OS. The smallest absolute Gasteiger partial charge is 0.239 e. The van der Waals surface area contributed by atoms with Crippen LogP contribution in [-0.2, 0) is 4.79 Å². The van der Waals surface area contributed by atoms with Crippen molar-refractivity contribution < 1.29 is 4.79 Å². The molecule has 2 aliphatic rings. The summed E-state index contributed by atoms with van der Waals surface area (Å²) in [4.78, 5) is 17.2. The molecule has 2 saturated heterocycles. The number of thiocarbonyl (C=S) groups is 1. The first-order valence-electron chi connectivity index (χ1n) is 6.95. The van der Waals surface area contributed by atoms with Crippen molar-refractivity contribution in [3.8, 4) is 0 Å². The average molecular weight is 269 g/mol. The first-order chi connectivity index (χ1) is 8.61. The fourth-order valence-corrected chi connectivity index (χ4v) is 3.33. The normalized spacial score (nSPS) is 27.2. The fourth-order valence-electron chi connectivity index (χ4n) is 3.08. The molecule has 0 aromatic carbocycles. The highest BCUT2D eigenvalue weighted by Crippen LogP contribution is 2.22. The topological polar surface area (TPSA) is 49.6 Å². The summed E-state index contributed by atoms with van der Waals surface area (Å²) in [6.45, 7) is 4.75. The summed E-state index contributed by atoms with van der Waals surface area (Å²) in [6.07, 6.45) is 5.60. The molecule has 2 N–H and O–H groups in total. The van der Waals surface area contributed by atoms with Crippen LogP contribution in [0.15, 0.2) is 0 Å². The fraction of sp³-hybridized carbons (Fsp3) is 0.846. The molecule has 2 aliphatic heterocycles. The lowest BCUT2D eigenvalue weighted by Gasteiger charge is -2.35. The van der Waals surface area contributed by atoms with E-state index in [1.807, 2.05) is 11.8 Å². The second-order valence-corrected chi connectivity index (χ2v) is 5.83. The monoisotopic (exact) mass is 269 g/mol. The summed E-state index contributed by atoms with van der Waals surface area (Å²) in [7, 11) is 0. The quantitative estimate of drug-likeness (QED) is 0.781. The molecule has 0 aromatic heterocycles. The van der Waals surface area contributed by atoms with Gasteiger partial charge >= 0.3 is 0 Å². The molecule has 0 spiro atoms. The van der Waals surface area contributed by atoms with Crippen LogP contribution in [0.2, 0.25) is 0 Å². The van der Waals surface area contributed by atoms with Crippen molar-refractivity contribution in [3.63, 3.8) is 0 Å². The Hall–Kier alpha value is -0.680. The van der Waals surface area contributed by atoms with Crippen LogP contribution in [0.1, 0.15) is 39.0 Å². The molecule has 2 atom stereocenters. The van der Waals surface area contributed by atoms with Crippen molar-refractivity contribution >= 4 is 23.1 Å². The van der Waals surface area contributed by atoms with Crippen molar-refractivity contribution in [1.82, 2.24) is 9.80 Å². The number of carbonyl (C=O) groups excluding carboxylic acids is 1. The van der Waals surface area contributed by atoms with Crippen LogP contribution in [0, 0.1) is 0 Å². The van der Waals surface area contributed by atoms with Gasteiger partial charge in [0.15, 0.2) is 0 Å². The van der Waals surface area contributed by atoms with Crippen molar-refractivity contribution in [2.45, 2.75) is 51.1 Å². The van der Waals surface area contributed by atoms with E-state index in [1.54, 1.807) is 0 Å². The number of nitrogens with zero attached hydrogens (tertiary/aromatic N) is 2. The number of nitrogens with two attached hydrogens (primary N) is 1. The number of hydrogen-bond acceptors (Lipinski definition) is 3. The van der Waals surface area contributed by atoms with E-state index >= 15 is 0 Å². The summed E-state index contributed by atoms with van der Waals surface area (Å²) in [5.74, 6) is 0.248. The Balaban J connectivity index is 1.98. The number of rotatable bonds is 3. The molecular weight excluding hydrogens is 246 g/mol. The molecule has 5 heteroatoms. The number of amides is 1. The van der Waals surface area contributed by atoms with Gasteiger partial charge in [0, 0.05) is 13.1 Å². The maximum absolute atomic E-state index is 12.5. The zero-order valence-electron chi connectivity index (χ0n) is 11.1. The van der Waals surface area contributed by atoms with Gasteiger partial charge in [0.05, 0.1) is 17.1 Å². The summed E-state index contributed by atoms with van der Waals surface area (Å²) >= 11 is 5.11. The van der Waals surface area contributed by atoms with Crippen LogP contribution >= 0.6 is 12.2 Å². The van der Waals surface area contributed by atoms with Gasteiger partial charge in [-0.1, -0.05) is 12.2 Å². The van der Waals surface area contributed by atoms with Crippen LogP contribution in [0.5, 0.6) is 0 Å². The van der Waals surface area contributed by atoms with Crippen molar-refractivity contribution in [2.24, 2.45) is 5.73 Å². The third-order valence-corrected chi connectivity index (χ3v) is 4.42. The molecule has 0 bridgehead atoms. The first-order valence-corrected chi connectivity index (χ1v) is 7.36. The molecule has 1 amide bonds. The number of hydrogen-bond donors (Lipinski definition) is 1. The minimum absolute atomic E-state index is 0.0860. The standard InChI is InChI=1S/C13H23N3OS/c1-10(13(17)15-7-3-2-4-8-15)16-9-5-6-11(16)12(14)18/h10-11H,2-9H2,1H3,(H2,14,18). The average Bonchev–Trinajstić information content (AvgIpc) is 2.87. The predicted molar refractivity (Wildman–Crippen MR) is 76.4 cm³/mol. The second kappa shape index (κ2) is 5.97. The van der Waals surface area contributed by atoms with Crippen LogP contribution in [-0.4, -0.2) is 52.4 Å². The van der Waals surface area contributed by atoms with Gasteiger partial charge in [0.2, 0.25) is 5.91 Å². The zero-order chi connectivity index (χ0) is 13.1. The van der Waals surface area contributed by atoms with Gasteiger partial charge in [-0.25, -0.2) is 0 Å². The van der Waals surface area contributed by atoms with Crippen LogP contribution in [0.3, 0.4) is 0 Å². The molecule has 0 aliphatic carbocycles. The van der Waals surface area contributed by atoms with E-state index < -0.39 is 0 Å². The third-order valence-electron chi connectivity index (χ3n) is 4.15. The largest absolute Gasteiger partial charge is 0.392 e. The molecule has 2 unspecified atom stereocenters. The Morgan fingerprint density at radius 2 is 1.89 bits per heavy atom. The lowest BCUT2D eigenvalue weighted by Crippen LogP contribution is -2.52. The van der Waals surface area contributed by atoms with E-state index in [9.17, 15) is 4.79 Å². The Bertz CT molecular complexity index is 328. The number of likely N-dealkylation sites (tertiary alicyclic amines) is 2. The summed E-state index contributed by atoms with van der Waals surface area (Å²) in [6, 6.07) is 0.0286. The Morgan fingerprint density at radius 1 is 1.22 bits per heavy atom. The Labute approximate surface area is 114 Å². The maximum Gasteiger partial charge on any atom is 0.239 e. The Kier molecular flexibility index (Phi) is 4.56. The van der Waals surface area contributed by atoms with Crippen molar-refractivity contribution in [3.05, 3.63) is 0 Å². The molecule has 18 heavy (non-hydrogen) atoms. The van der Waals surface area contributed by atoms with Gasteiger partial charge in [-0.3, -0.25) is 9.69 Å². The number of piperidine rings is 1. The summed E-state index contributed by atoms with van der Waals surface area (Å²) < 4.78 is 0. The van der Waals surface area contributed by atoms with Gasteiger partial charge in [-0.2, -0.15) is 0 Å². The molecule has 0 aromatic rings. The highest BCUT2D eigenvalue weighted by atomic mass is 32.1. The number of carbonyl (C=O) groups is 1.